The quantitative estimate of drug-likeness (QED) is 0.427. The Kier molecular flexibility index (Phi) is 8.09. The van der Waals surface area contributed by atoms with Gasteiger partial charge in [-0.2, -0.15) is 0 Å². The molecular weight excluding hydrogens is 452 g/mol. The van der Waals surface area contributed by atoms with Crippen molar-refractivity contribution in [1.82, 2.24) is 10.2 Å². The molecule has 0 saturated carbocycles. The number of phenols is 1. The Balaban J connectivity index is 1.34. The Hall–Kier alpha value is -3.19. The molecule has 36 heavy (non-hydrogen) atoms. The molecular formula is C30H36N2O4. The molecule has 6 heteroatoms. The highest BCUT2D eigenvalue weighted by molar-refractivity contribution is 5.80. The SMILES string of the molecule is CC(C)(Cc1cccc(CC(=O)N2C=C3CC=CC=C3CC2)c1)NC[C@H](O)c1ccc(O)c(CO)c1. The fourth-order valence-corrected chi connectivity index (χ4v) is 4.82. The summed E-state index contributed by atoms with van der Waals surface area (Å²) in [7, 11) is 0. The molecule has 1 heterocycles. The van der Waals surface area contributed by atoms with Crippen molar-refractivity contribution in [2.24, 2.45) is 0 Å². The van der Waals surface area contributed by atoms with Crippen LogP contribution in [0.3, 0.4) is 0 Å². The standard InChI is InChI=1S/C30H36N2O4/c1-30(2,31-18-28(35)24-10-11-27(34)26(16-24)20-33)17-22-7-5-6-21(14-22)15-29(36)32-13-12-23-8-3-4-9-25(23)19-32/h3-8,10-11,14,16,19,28,31,33-35H,9,12-13,15,17-18,20H2,1-2H3/t28-/m0/s1. The first-order valence-corrected chi connectivity index (χ1v) is 12.5. The maximum atomic E-state index is 13.0. The lowest BCUT2D eigenvalue weighted by atomic mass is 9.92. The molecule has 1 aliphatic carbocycles. The predicted octanol–water partition coefficient (Wildman–Crippen LogP) is 4.07. The van der Waals surface area contributed by atoms with Crippen molar-refractivity contribution in [3.05, 3.63) is 100 Å². The summed E-state index contributed by atoms with van der Waals surface area (Å²) in [5, 5.41) is 33.2. The van der Waals surface area contributed by atoms with Gasteiger partial charge in [0.15, 0.2) is 0 Å². The number of carbonyl (C=O) groups excluding carboxylic acids is 1. The zero-order valence-corrected chi connectivity index (χ0v) is 21.1. The summed E-state index contributed by atoms with van der Waals surface area (Å²) in [6.07, 6.45) is 10.5. The van der Waals surface area contributed by atoms with Crippen LogP contribution in [0.15, 0.2) is 78.0 Å². The largest absolute Gasteiger partial charge is 0.508 e. The lowest BCUT2D eigenvalue weighted by Gasteiger charge is -2.29. The van der Waals surface area contributed by atoms with Gasteiger partial charge in [0.05, 0.1) is 19.1 Å². The molecule has 2 aromatic carbocycles. The summed E-state index contributed by atoms with van der Waals surface area (Å²) >= 11 is 0. The van der Waals surface area contributed by atoms with Crippen LogP contribution in [-0.4, -0.2) is 44.8 Å². The Morgan fingerprint density at radius 2 is 1.94 bits per heavy atom. The van der Waals surface area contributed by atoms with Crippen LogP contribution in [0, 0.1) is 0 Å². The fraction of sp³-hybridized carbons (Fsp3) is 0.367. The van der Waals surface area contributed by atoms with Crippen molar-refractivity contribution in [2.75, 3.05) is 13.1 Å². The van der Waals surface area contributed by atoms with E-state index in [-0.39, 0.29) is 23.8 Å². The van der Waals surface area contributed by atoms with Crippen molar-refractivity contribution in [3.63, 3.8) is 0 Å². The Morgan fingerprint density at radius 3 is 2.75 bits per heavy atom. The molecule has 4 N–H and O–H groups in total. The molecule has 2 aliphatic rings. The van der Waals surface area contributed by atoms with Crippen LogP contribution in [0.1, 0.15) is 55.0 Å². The summed E-state index contributed by atoms with van der Waals surface area (Å²) in [6, 6.07) is 12.9. The zero-order chi connectivity index (χ0) is 25.7. The van der Waals surface area contributed by atoms with Gasteiger partial charge in [-0.3, -0.25) is 4.79 Å². The first kappa shape index (κ1) is 25.9. The number of amides is 1. The van der Waals surface area contributed by atoms with Crippen LogP contribution < -0.4 is 5.32 Å². The van der Waals surface area contributed by atoms with E-state index < -0.39 is 6.10 Å². The number of nitrogens with zero attached hydrogens (tertiary/aromatic N) is 1. The maximum Gasteiger partial charge on any atom is 0.230 e. The second kappa shape index (κ2) is 11.2. The summed E-state index contributed by atoms with van der Waals surface area (Å²) in [6.45, 7) is 4.93. The number of rotatable bonds is 9. The monoisotopic (exact) mass is 488 g/mol. The van der Waals surface area contributed by atoms with Crippen LogP contribution >= 0.6 is 0 Å². The van der Waals surface area contributed by atoms with Gasteiger partial charge in [0.2, 0.25) is 5.91 Å². The molecule has 1 aliphatic heterocycles. The normalized spacial score (nSPS) is 16.3. The van der Waals surface area contributed by atoms with Gasteiger partial charge in [-0.25, -0.2) is 0 Å². The third-order valence-electron chi connectivity index (χ3n) is 6.86. The highest BCUT2D eigenvalue weighted by atomic mass is 16.3. The van der Waals surface area contributed by atoms with E-state index in [2.05, 4.69) is 49.5 Å². The number of fused-ring (bicyclic) bond motifs is 1. The number of aliphatic hydroxyl groups is 2. The molecule has 1 amide bonds. The predicted molar refractivity (Wildman–Crippen MR) is 141 cm³/mol. The minimum absolute atomic E-state index is 0.0183. The van der Waals surface area contributed by atoms with E-state index in [4.69, 9.17) is 0 Å². The van der Waals surface area contributed by atoms with Gasteiger partial charge < -0.3 is 25.5 Å². The third-order valence-corrected chi connectivity index (χ3v) is 6.86. The number of aromatic hydroxyl groups is 1. The van der Waals surface area contributed by atoms with Gasteiger partial charge in [-0.05, 0) is 73.1 Å². The zero-order valence-electron chi connectivity index (χ0n) is 21.1. The molecule has 4 rings (SSSR count). The lowest BCUT2D eigenvalue weighted by molar-refractivity contribution is -0.128. The summed E-state index contributed by atoms with van der Waals surface area (Å²) in [4.78, 5) is 14.8. The maximum absolute atomic E-state index is 13.0. The van der Waals surface area contributed by atoms with E-state index in [1.807, 2.05) is 23.2 Å². The minimum atomic E-state index is -0.771. The van der Waals surface area contributed by atoms with Crippen LogP contribution in [-0.2, 0) is 24.2 Å². The Bertz CT molecular complexity index is 1200. The van der Waals surface area contributed by atoms with Gasteiger partial charge in [-0.1, -0.05) is 48.6 Å². The van der Waals surface area contributed by atoms with Crippen molar-refractivity contribution >= 4 is 5.91 Å². The highest BCUT2D eigenvalue weighted by Gasteiger charge is 2.22. The first-order valence-electron chi connectivity index (χ1n) is 12.5. The number of allylic oxidation sites excluding steroid dienone is 4. The van der Waals surface area contributed by atoms with Gasteiger partial charge in [0, 0.05) is 30.4 Å². The molecule has 0 saturated heterocycles. The van der Waals surface area contributed by atoms with Crippen molar-refractivity contribution in [1.29, 1.82) is 0 Å². The molecule has 0 fully saturated rings. The second-order valence-electron chi connectivity index (χ2n) is 10.3. The summed E-state index contributed by atoms with van der Waals surface area (Å²) in [5.41, 5.74) is 5.43. The average molecular weight is 489 g/mol. The Morgan fingerprint density at radius 1 is 1.14 bits per heavy atom. The molecule has 0 unspecified atom stereocenters. The number of aliphatic hydroxyl groups excluding tert-OH is 2. The molecule has 6 nitrogen and oxygen atoms in total. The second-order valence-corrected chi connectivity index (χ2v) is 10.3. The van der Waals surface area contributed by atoms with E-state index in [0.717, 1.165) is 36.9 Å². The van der Waals surface area contributed by atoms with Crippen molar-refractivity contribution in [2.45, 2.75) is 57.8 Å². The van der Waals surface area contributed by atoms with Gasteiger partial charge in [0.1, 0.15) is 5.75 Å². The van der Waals surface area contributed by atoms with E-state index in [1.165, 1.54) is 17.2 Å². The molecule has 190 valence electrons. The molecule has 0 radical (unpaired) electrons. The van der Waals surface area contributed by atoms with Crippen LogP contribution in [0.2, 0.25) is 0 Å². The molecule has 0 aromatic heterocycles. The lowest BCUT2D eigenvalue weighted by Crippen LogP contribution is -2.43. The van der Waals surface area contributed by atoms with Crippen LogP contribution in [0.5, 0.6) is 5.75 Å². The van der Waals surface area contributed by atoms with E-state index in [1.54, 1.807) is 12.1 Å². The first-order chi connectivity index (χ1) is 17.2. The van der Waals surface area contributed by atoms with Crippen LogP contribution in [0.25, 0.3) is 0 Å². The topological polar surface area (TPSA) is 93.0 Å². The van der Waals surface area contributed by atoms with Crippen LogP contribution in [0.4, 0.5) is 0 Å². The fourth-order valence-electron chi connectivity index (χ4n) is 4.82. The highest BCUT2D eigenvalue weighted by Crippen LogP contribution is 2.28. The molecule has 1 atom stereocenters. The average Bonchev–Trinajstić information content (AvgIpc) is 2.87. The number of benzene rings is 2. The summed E-state index contributed by atoms with van der Waals surface area (Å²) in [5.74, 6) is 0.134. The molecule has 0 bridgehead atoms. The third kappa shape index (κ3) is 6.52. The van der Waals surface area contributed by atoms with Gasteiger partial charge in [-0.15, -0.1) is 0 Å². The summed E-state index contributed by atoms with van der Waals surface area (Å²) < 4.78 is 0. The minimum Gasteiger partial charge on any atom is -0.508 e. The van der Waals surface area contributed by atoms with Crippen molar-refractivity contribution < 1.29 is 20.1 Å². The number of nitrogens with one attached hydrogen (secondary N) is 1. The molecule has 2 aromatic rings. The number of β-amino-alcohol motifs (C(OH)–C–C–N with tert-alkyl or cyclic N) is 1. The number of carbonyl (C=O) groups is 1. The number of hydrogen-bond donors (Lipinski definition) is 4. The van der Waals surface area contributed by atoms with Gasteiger partial charge in [0.25, 0.3) is 0 Å². The van der Waals surface area contributed by atoms with Crippen molar-refractivity contribution in [3.8, 4) is 5.75 Å². The van der Waals surface area contributed by atoms with E-state index in [0.29, 0.717) is 24.1 Å². The van der Waals surface area contributed by atoms with Gasteiger partial charge >= 0.3 is 0 Å². The van der Waals surface area contributed by atoms with E-state index in [9.17, 15) is 20.1 Å². The number of hydrogen-bond acceptors (Lipinski definition) is 5. The molecule has 0 spiro atoms. The smallest absolute Gasteiger partial charge is 0.230 e. The van der Waals surface area contributed by atoms with E-state index >= 15 is 0 Å². The Labute approximate surface area is 213 Å².